The third-order valence-electron chi connectivity index (χ3n) is 3.50. The molecule has 0 amide bonds. The Morgan fingerprint density at radius 3 is 2.40 bits per heavy atom. The van der Waals surface area contributed by atoms with E-state index in [0.29, 0.717) is 15.9 Å². The summed E-state index contributed by atoms with van der Waals surface area (Å²) in [6.07, 6.45) is 0. The molecule has 0 saturated heterocycles. The first-order valence-corrected chi connectivity index (χ1v) is 6.77. The zero-order chi connectivity index (χ0) is 14.3. The Kier molecular flexibility index (Phi) is 3.19. The van der Waals surface area contributed by atoms with Gasteiger partial charge in [0.15, 0.2) is 0 Å². The van der Waals surface area contributed by atoms with Crippen LogP contribution in [0.15, 0.2) is 42.5 Å². The number of benzene rings is 2. The molecule has 1 aromatic heterocycles. The Bertz CT molecular complexity index is 797. The van der Waals surface area contributed by atoms with Crippen LogP contribution in [-0.2, 0) is 0 Å². The maximum atomic E-state index is 14.0. The lowest BCUT2D eigenvalue weighted by Gasteiger charge is -2.12. The molecule has 3 heteroatoms. The number of aromatic nitrogens is 1. The van der Waals surface area contributed by atoms with Crippen LogP contribution >= 0.6 is 11.6 Å². The minimum absolute atomic E-state index is 0.328. The zero-order valence-corrected chi connectivity index (χ0v) is 12.0. The van der Waals surface area contributed by atoms with E-state index >= 15 is 0 Å². The van der Waals surface area contributed by atoms with Gasteiger partial charge in [0.2, 0.25) is 0 Å². The summed E-state index contributed by atoms with van der Waals surface area (Å²) in [5.74, 6) is -0.328. The number of hydrogen-bond acceptors (Lipinski definition) is 1. The highest BCUT2D eigenvalue weighted by Gasteiger charge is 2.15. The van der Waals surface area contributed by atoms with Crippen molar-refractivity contribution in [1.29, 1.82) is 0 Å². The molecular formula is C17H13ClFN. The van der Waals surface area contributed by atoms with Crippen LogP contribution in [0, 0.1) is 19.7 Å². The van der Waals surface area contributed by atoms with Gasteiger partial charge in [-0.1, -0.05) is 48.0 Å². The lowest BCUT2D eigenvalue weighted by Crippen LogP contribution is -1.96. The van der Waals surface area contributed by atoms with Crippen LogP contribution in [0.4, 0.5) is 4.39 Å². The van der Waals surface area contributed by atoms with Crippen molar-refractivity contribution in [2.75, 3.05) is 0 Å². The van der Waals surface area contributed by atoms with Gasteiger partial charge in [-0.25, -0.2) is 9.37 Å². The first-order valence-electron chi connectivity index (χ1n) is 6.40. The lowest BCUT2D eigenvalue weighted by molar-refractivity contribution is 0.639. The lowest BCUT2D eigenvalue weighted by atomic mass is 10.0. The minimum Gasteiger partial charge on any atom is -0.247 e. The molecule has 0 bridgehead atoms. The quantitative estimate of drug-likeness (QED) is 0.590. The molecule has 0 spiro atoms. The third-order valence-corrected chi connectivity index (χ3v) is 3.98. The van der Waals surface area contributed by atoms with Crippen molar-refractivity contribution in [3.8, 4) is 11.3 Å². The highest BCUT2D eigenvalue weighted by Crippen LogP contribution is 2.35. The van der Waals surface area contributed by atoms with Gasteiger partial charge in [-0.05, 0) is 31.0 Å². The Hall–Kier alpha value is -1.93. The van der Waals surface area contributed by atoms with E-state index in [1.807, 2.05) is 44.2 Å². The van der Waals surface area contributed by atoms with E-state index < -0.39 is 0 Å². The van der Waals surface area contributed by atoms with Gasteiger partial charge in [0.1, 0.15) is 5.82 Å². The number of halogens is 2. The second-order valence-electron chi connectivity index (χ2n) is 4.85. The second kappa shape index (κ2) is 4.88. The topological polar surface area (TPSA) is 12.9 Å². The van der Waals surface area contributed by atoms with E-state index in [1.165, 1.54) is 6.07 Å². The van der Waals surface area contributed by atoms with Crippen molar-refractivity contribution in [2.24, 2.45) is 0 Å². The van der Waals surface area contributed by atoms with Crippen LogP contribution < -0.4 is 0 Å². The van der Waals surface area contributed by atoms with Gasteiger partial charge in [-0.2, -0.15) is 0 Å². The maximum absolute atomic E-state index is 14.0. The number of rotatable bonds is 1. The summed E-state index contributed by atoms with van der Waals surface area (Å²) in [5.41, 5.74) is 4.13. The molecule has 1 nitrogen and oxygen atoms in total. The van der Waals surface area contributed by atoms with E-state index in [4.69, 9.17) is 11.6 Å². The van der Waals surface area contributed by atoms with E-state index in [-0.39, 0.29) is 5.82 Å². The van der Waals surface area contributed by atoms with E-state index in [1.54, 1.807) is 6.07 Å². The van der Waals surface area contributed by atoms with E-state index in [2.05, 4.69) is 4.98 Å². The first-order chi connectivity index (χ1) is 9.59. The van der Waals surface area contributed by atoms with Crippen LogP contribution in [-0.4, -0.2) is 4.98 Å². The normalized spacial score (nSPS) is 11.0. The summed E-state index contributed by atoms with van der Waals surface area (Å²) in [6.45, 7) is 3.79. The number of pyridine rings is 1. The minimum atomic E-state index is -0.328. The van der Waals surface area contributed by atoms with Gasteiger partial charge in [0.05, 0.1) is 21.6 Å². The molecule has 0 aliphatic rings. The van der Waals surface area contributed by atoms with Crippen molar-refractivity contribution in [3.05, 3.63) is 64.4 Å². The molecule has 100 valence electrons. The van der Waals surface area contributed by atoms with Crippen LogP contribution in [0.2, 0.25) is 5.02 Å². The Morgan fingerprint density at radius 1 is 1.00 bits per heavy atom. The Labute approximate surface area is 122 Å². The van der Waals surface area contributed by atoms with Crippen molar-refractivity contribution < 1.29 is 4.39 Å². The fourth-order valence-corrected chi connectivity index (χ4v) is 2.66. The molecule has 0 unspecified atom stereocenters. The molecule has 0 aliphatic carbocycles. The molecule has 20 heavy (non-hydrogen) atoms. The van der Waals surface area contributed by atoms with Crippen LogP contribution in [0.1, 0.15) is 11.1 Å². The van der Waals surface area contributed by atoms with Gasteiger partial charge in [-0.15, -0.1) is 0 Å². The first kappa shape index (κ1) is 13.1. The summed E-state index contributed by atoms with van der Waals surface area (Å²) in [4.78, 5) is 4.64. The smallest absolute Gasteiger partial charge is 0.134 e. The van der Waals surface area contributed by atoms with Gasteiger partial charge in [0, 0.05) is 5.56 Å². The molecule has 0 atom stereocenters. The predicted octanol–water partition coefficient (Wildman–Crippen LogP) is 5.31. The van der Waals surface area contributed by atoms with Crippen LogP contribution in [0.3, 0.4) is 0 Å². The Morgan fingerprint density at radius 2 is 1.70 bits per heavy atom. The average molecular weight is 286 g/mol. The summed E-state index contributed by atoms with van der Waals surface area (Å²) < 4.78 is 14.0. The van der Waals surface area contributed by atoms with Crippen molar-refractivity contribution in [3.63, 3.8) is 0 Å². The molecule has 0 aliphatic heterocycles. The molecule has 0 radical (unpaired) electrons. The van der Waals surface area contributed by atoms with Crippen molar-refractivity contribution >= 4 is 22.5 Å². The standard InChI is InChI=1S/C17H13ClFN/c1-10-8-9-13(19)14-15(18)11(2)17(20-16(10)14)12-6-4-3-5-7-12/h3-9H,1-2H3. The SMILES string of the molecule is Cc1c(-c2ccccc2)nc2c(C)ccc(F)c2c1Cl. The monoisotopic (exact) mass is 285 g/mol. The molecular weight excluding hydrogens is 273 g/mol. The molecule has 3 rings (SSSR count). The van der Waals surface area contributed by atoms with Gasteiger partial charge >= 0.3 is 0 Å². The summed E-state index contributed by atoms with van der Waals surface area (Å²) in [5, 5.41) is 0.846. The average Bonchev–Trinajstić information content (AvgIpc) is 2.47. The molecule has 1 heterocycles. The third kappa shape index (κ3) is 1.97. The van der Waals surface area contributed by atoms with Crippen molar-refractivity contribution in [1.82, 2.24) is 4.98 Å². The fraction of sp³-hybridized carbons (Fsp3) is 0.118. The van der Waals surface area contributed by atoms with Gasteiger partial charge < -0.3 is 0 Å². The molecule has 3 aromatic rings. The number of nitrogens with zero attached hydrogens (tertiary/aromatic N) is 1. The van der Waals surface area contributed by atoms with Crippen molar-refractivity contribution in [2.45, 2.75) is 13.8 Å². The fourth-order valence-electron chi connectivity index (χ4n) is 2.39. The van der Waals surface area contributed by atoms with Gasteiger partial charge in [0.25, 0.3) is 0 Å². The highest BCUT2D eigenvalue weighted by atomic mass is 35.5. The summed E-state index contributed by atoms with van der Waals surface area (Å²) in [6, 6.07) is 13.0. The highest BCUT2D eigenvalue weighted by molar-refractivity contribution is 6.36. The van der Waals surface area contributed by atoms with E-state index in [9.17, 15) is 4.39 Å². The molecule has 0 N–H and O–H groups in total. The largest absolute Gasteiger partial charge is 0.247 e. The summed E-state index contributed by atoms with van der Waals surface area (Å²) >= 11 is 6.38. The second-order valence-corrected chi connectivity index (χ2v) is 5.23. The van der Waals surface area contributed by atoms with Crippen LogP contribution in [0.25, 0.3) is 22.2 Å². The zero-order valence-electron chi connectivity index (χ0n) is 11.2. The number of hydrogen-bond donors (Lipinski definition) is 0. The van der Waals surface area contributed by atoms with E-state index in [0.717, 1.165) is 22.4 Å². The molecule has 0 fully saturated rings. The number of fused-ring (bicyclic) bond motifs is 1. The summed E-state index contributed by atoms with van der Waals surface area (Å²) in [7, 11) is 0. The van der Waals surface area contributed by atoms with Crippen LogP contribution in [0.5, 0.6) is 0 Å². The molecule has 2 aromatic carbocycles. The predicted molar refractivity (Wildman–Crippen MR) is 81.6 cm³/mol. The maximum Gasteiger partial charge on any atom is 0.134 e. The Balaban J connectivity index is 2.42. The van der Waals surface area contributed by atoms with Gasteiger partial charge in [-0.3, -0.25) is 0 Å². The number of aryl methyl sites for hydroxylation is 1. The molecule has 0 saturated carbocycles.